The maximum Gasteiger partial charge on any atom is 0.235 e. The molecule has 1 aliphatic heterocycles. The van der Waals surface area contributed by atoms with Crippen molar-refractivity contribution in [2.75, 3.05) is 45.2 Å². The minimum Gasteiger partial charge on any atom is -0.497 e. The average Bonchev–Trinajstić information content (AvgIpc) is 3.00. The van der Waals surface area contributed by atoms with E-state index in [0.29, 0.717) is 17.5 Å². The molecule has 0 atom stereocenters. The quantitative estimate of drug-likeness (QED) is 0.863. The molecule has 22 heavy (non-hydrogen) atoms. The Morgan fingerprint density at radius 3 is 2.45 bits per heavy atom. The summed E-state index contributed by atoms with van der Waals surface area (Å²) in [6, 6.07) is 9.58. The summed E-state index contributed by atoms with van der Waals surface area (Å²) in [5, 5.41) is 9.31. The second kappa shape index (κ2) is 6.08. The Morgan fingerprint density at radius 2 is 1.86 bits per heavy atom. The highest BCUT2D eigenvalue weighted by Gasteiger charge is 2.23. The molecule has 114 valence electrons. The van der Waals surface area contributed by atoms with Gasteiger partial charge in [-0.25, -0.2) is 0 Å². The molecule has 2 aromatic rings. The molecule has 6 heteroatoms. The summed E-state index contributed by atoms with van der Waals surface area (Å²) in [4.78, 5) is 8.66. The molecule has 0 radical (unpaired) electrons. The first-order valence-electron chi connectivity index (χ1n) is 7.20. The summed E-state index contributed by atoms with van der Waals surface area (Å²) in [5.41, 5.74) is 1.17. The van der Waals surface area contributed by atoms with Gasteiger partial charge in [0.25, 0.3) is 0 Å². The van der Waals surface area contributed by atoms with Crippen molar-refractivity contribution in [1.29, 1.82) is 5.26 Å². The van der Waals surface area contributed by atoms with Gasteiger partial charge in [-0.1, -0.05) is 0 Å². The molecule has 1 fully saturated rings. The van der Waals surface area contributed by atoms with Gasteiger partial charge in [0.15, 0.2) is 0 Å². The molecule has 0 bridgehead atoms. The first kappa shape index (κ1) is 14.4. The number of nitrogens with zero attached hydrogens (tertiary/aromatic N) is 4. The summed E-state index contributed by atoms with van der Waals surface area (Å²) in [5.74, 6) is 1.81. The molecular formula is C16H18N4O2. The number of rotatable bonds is 3. The molecule has 0 aliphatic carbocycles. The van der Waals surface area contributed by atoms with Gasteiger partial charge in [-0.3, -0.25) is 0 Å². The van der Waals surface area contributed by atoms with E-state index >= 15 is 0 Å². The first-order valence-corrected chi connectivity index (χ1v) is 7.20. The molecule has 6 nitrogen and oxygen atoms in total. The smallest absolute Gasteiger partial charge is 0.235 e. The number of hydrogen-bond donors (Lipinski definition) is 0. The van der Waals surface area contributed by atoms with Gasteiger partial charge in [0, 0.05) is 31.7 Å². The largest absolute Gasteiger partial charge is 0.497 e. The van der Waals surface area contributed by atoms with E-state index < -0.39 is 0 Å². The van der Waals surface area contributed by atoms with E-state index in [-0.39, 0.29) is 0 Å². The molecule has 3 rings (SSSR count). The van der Waals surface area contributed by atoms with Gasteiger partial charge in [-0.15, -0.1) is 0 Å². The summed E-state index contributed by atoms with van der Waals surface area (Å²) in [7, 11) is 3.71. The highest BCUT2D eigenvalue weighted by Crippen LogP contribution is 2.29. The number of benzene rings is 1. The molecular weight excluding hydrogens is 280 g/mol. The Balaban J connectivity index is 1.89. The maximum atomic E-state index is 9.31. The van der Waals surface area contributed by atoms with E-state index in [1.54, 1.807) is 7.11 Å². The van der Waals surface area contributed by atoms with Crippen molar-refractivity contribution < 1.29 is 9.15 Å². The van der Waals surface area contributed by atoms with E-state index in [9.17, 15) is 5.26 Å². The molecule has 1 aromatic carbocycles. The van der Waals surface area contributed by atoms with E-state index in [0.717, 1.165) is 37.5 Å². The molecule has 1 aliphatic rings. The van der Waals surface area contributed by atoms with Crippen molar-refractivity contribution in [3.8, 4) is 23.3 Å². The van der Waals surface area contributed by atoms with Gasteiger partial charge in [0.2, 0.25) is 17.5 Å². The maximum absolute atomic E-state index is 9.31. The fourth-order valence-electron chi connectivity index (χ4n) is 2.47. The van der Waals surface area contributed by atoms with Crippen molar-refractivity contribution in [3.63, 3.8) is 0 Å². The fraction of sp³-hybridized carbons (Fsp3) is 0.375. The molecule has 0 spiro atoms. The number of anilines is 1. The lowest BCUT2D eigenvalue weighted by Gasteiger charge is -2.31. The van der Waals surface area contributed by atoms with Crippen LogP contribution in [0.15, 0.2) is 28.7 Å². The second-order valence-corrected chi connectivity index (χ2v) is 5.30. The summed E-state index contributed by atoms with van der Waals surface area (Å²) in [6.45, 7) is 3.57. The predicted octanol–water partition coefficient (Wildman–Crippen LogP) is 1.97. The monoisotopic (exact) mass is 298 g/mol. The van der Waals surface area contributed by atoms with E-state index in [1.807, 2.05) is 24.3 Å². The van der Waals surface area contributed by atoms with Crippen LogP contribution >= 0.6 is 0 Å². The summed E-state index contributed by atoms with van der Waals surface area (Å²) in [6.07, 6.45) is 0. The first-order chi connectivity index (χ1) is 10.7. The Labute approximate surface area is 129 Å². The van der Waals surface area contributed by atoms with Crippen molar-refractivity contribution >= 4 is 5.88 Å². The number of piperazine rings is 1. The van der Waals surface area contributed by atoms with Gasteiger partial charge in [-0.2, -0.15) is 10.2 Å². The number of aromatic nitrogens is 1. The van der Waals surface area contributed by atoms with Gasteiger partial charge in [-0.05, 0) is 31.3 Å². The highest BCUT2D eigenvalue weighted by molar-refractivity contribution is 5.60. The number of ether oxygens (including phenoxy) is 1. The van der Waals surface area contributed by atoms with Crippen LogP contribution < -0.4 is 9.64 Å². The lowest BCUT2D eigenvalue weighted by molar-refractivity contribution is 0.306. The van der Waals surface area contributed by atoms with Crippen LogP contribution in [0.1, 0.15) is 5.69 Å². The van der Waals surface area contributed by atoms with E-state index in [4.69, 9.17) is 9.15 Å². The zero-order valence-electron chi connectivity index (χ0n) is 12.7. The number of nitriles is 1. The zero-order chi connectivity index (χ0) is 15.5. The number of hydrogen-bond acceptors (Lipinski definition) is 6. The predicted molar refractivity (Wildman–Crippen MR) is 82.9 cm³/mol. The Kier molecular flexibility index (Phi) is 3.98. The third-order valence-corrected chi connectivity index (χ3v) is 3.84. The van der Waals surface area contributed by atoms with Crippen molar-refractivity contribution in [3.05, 3.63) is 30.0 Å². The lowest BCUT2D eigenvalue weighted by Crippen LogP contribution is -2.44. The van der Waals surface area contributed by atoms with Crippen LogP contribution in [-0.4, -0.2) is 50.2 Å². The number of likely N-dealkylation sites (N-methyl/N-ethyl adjacent to an activating group) is 1. The highest BCUT2D eigenvalue weighted by atomic mass is 16.5. The Hall–Kier alpha value is -2.52. The van der Waals surface area contributed by atoms with Crippen LogP contribution in [0.5, 0.6) is 5.75 Å². The molecule has 2 heterocycles. The molecule has 1 aromatic heterocycles. The van der Waals surface area contributed by atoms with E-state index in [2.05, 4.69) is 27.9 Å². The van der Waals surface area contributed by atoms with Crippen molar-refractivity contribution in [2.45, 2.75) is 0 Å². The average molecular weight is 298 g/mol. The zero-order valence-corrected chi connectivity index (χ0v) is 12.7. The number of oxazole rings is 1. The fourth-order valence-corrected chi connectivity index (χ4v) is 2.47. The van der Waals surface area contributed by atoms with Crippen molar-refractivity contribution in [1.82, 2.24) is 9.88 Å². The van der Waals surface area contributed by atoms with Crippen LogP contribution in [0.25, 0.3) is 11.5 Å². The van der Waals surface area contributed by atoms with Crippen LogP contribution in [0.4, 0.5) is 5.88 Å². The Bertz CT molecular complexity index is 679. The van der Waals surface area contributed by atoms with Gasteiger partial charge < -0.3 is 19.0 Å². The van der Waals surface area contributed by atoms with Crippen LogP contribution in [-0.2, 0) is 0 Å². The number of methoxy groups -OCH3 is 1. The third-order valence-electron chi connectivity index (χ3n) is 3.84. The lowest BCUT2D eigenvalue weighted by atomic mass is 10.2. The topological polar surface area (TPSA) is 65.5 Å². The standard InChI is InChI=1S/C16H18N4O2/c1-19-7-9-20(10-8-19)16-14(11-17)18-15(22-16)12-3-5-13(21-2)6-4-12/h3-6H,7-10H2,1-2H3. The molecule has 0 amide bonds. The molecule has 0 unspecified atom stereocenters. The Morgan fingerprint density at radius 1 is 1.18 bits per heavy atom. The molecule has 0 N–H and O–H groups in total. The SMILES string of the molecule is COc1ccc(-c2nc(C#N)c(N3CCN(C)CC3)o2)cc1. The minimum atomic E-state index is 0.343. The van der Waals surface area contributed by atoms with Crippen LogP contribution in [0, 0.1) is 11.3 Å². The second-order valence-electron chi connectivity index (χ2n) is 5.30. The third kappa shape index (κ3) is 2.76. The molecule has 0 saturated carbocycles. The van der Waals surface area contributed by atoms with Crippen LogP contribution in [0.3, 0.4) is 0 Å². The van der Waals surface area contributed by atoms with E-state index in [1.165, 1.54) is 0 Å². The minimum absolute atomic E-state index is 0.343. The van der Waals surface area contributed by atoms with Gasteiger partial charge in [0.05, 0.1) is 7.11 Å². The van der Waals surface area contributed by atoms with Gasteiger partial charge >= 0.3 is 0 Å². The normalized spacial score (nSPS) is 15.6. The summed E-state index contributed by atoms with van der Waals surface area (Å²) < 4.78 is 11.0. The van der Waals surface area contributed by atoms with Crippen LogP contribution in [0.2, 0.25) is 0 Å². The summed E-state index contributed by atoms with van der Waals surface area (Å²) >= 11 is 0. The van der Waals surface area contributed by atoms with Crippen molar-refractivity contribution in [2.24, 2.45) is 0 Å². The molecule has 1 saturated heterocycles. The van der Waals surface area contributed by atoms with Gasteiger partial charge in [0.1, 0.15) is 11.8 Å².